The Morgan fingerprint density at radius 1 is 1.38 bits per heavy atom. The van der Waals surface area contributed by atoms with Crippen molar-refractivity contribution < 1.29 is 14.6 Å². The molecular formula is C17H21N3O3S. The zero-order valence-electron chi connectivity index (χ0n) is 13.6. The van der Waals surface area contributed by atoms with Crippen LogP contribution >= 0.6 is 11.5 Å². The molecule has 1 aromatic carbocycles. The average molecular weight is 347 g/mol. The normalized spacial score (nSPS) is 18.1. The quantitative estimate of drug-likeness (QED) is 0.863. The van der Waals surface area contributed by atoms with Crippen LogP contribution in [-0.4, -0.2) is 40.4 Å². The molecule has 2 aromatic rings. The number of amides is 1. The molecule has 24 heavy (non-hydrogen) atoms. The highest BCUT2D eigenvalue weighted by molar-refractivity contribution is 7.07. The minimum Gasteiger partial charge on any atom is -0.383 e. The Morgan fingerprint density at radius 2 is 2.08 bits per heavy atom. The largest absolute Gasteiger partial charge is 0.383 e. The van der Waals surface area contributed by atoms with E-state index in [1.165, 1.54) is 0 Å². The van der Waals surface area contributed by atoms with Gasteiger partial charge in [-0.15, -0.1) is 5.10 Å². The monoisotopic (exact) mass is 347 g/mol. The lowest BCUT2D eigenvalue weighted by atomic mass is 9.77. The predicted molar refractivity (Wildman–Crippen MR) is 90.9 cm³/mol. The Hall–Kier alpha value is -1.83. The van der Waals surface area contributed by atoms with Gasteiger partial charge in [0.2, 0.25) is 0 Å². The molecule has 2 heterocycles. The molecule has 3 rings (SSSR count). The van der Waals surface area contributed by atoms with Gasteiger partial charge in [-0.1, -0.05) is 34.8 Å². The Bertz CT molecular complexity index is 685. The van der Waals surface area contributed by atoms with Crippen LogP contribution in [0.15, 0.2) is 30.3 Å². The first-order valence-electron chi connectivity index (χ1n) is 8.04. The van der Waals surface area contributed by atoms with Gasteiger partial charge < -0.3 is 15.2 Å². The number of aromatic nitrogens is 2. The molecule has 0 saturated carbocycles. The molecule has 1 aliphatic heterocycles. The second-order valence-corrected chi connectivity index (χ2v) is 6.80. The van der Waals surface area contributed by atoms with Crippen molar-refractivity contribution in [3.8, 4) is 0 Å². The second-order valence-electron chi connectivity index (χ2n) is 6.05. The van der Waals surface area contributed by atoms with Crippen LogP contribution in [0, 0.1) is 12.8 Å². The summed E-state index contributed by atoms with van der Waals surface area (Å²) in [4.78, 5) is 12.9. The molecular weight excluding hydrogens is 326 g/mol. The van der Waals surface area contributed by atoms with E-state index >= 15 is 0 Å². The number of carbonyl (C=O) groups excluding carboxylic acids is 1. The molecule has 0 radical (unpaired) electrons. The molecule has 1 aromatic heterocycles. The molecule has 0 aliphatic carbocycles. The summed E-state index contributed by atoms with van der Waals surface area (Å²) in [6.07, 6.45) is 1.53. The van der Waals surface area contributed by atoms with Gasteiger partial charge in [0.05, 0.1) is 12.2 Å². The van der Waals surface area contributed by atoms with E-state index < -0.39 is 5.60 Å². The molecule has 2 N–H and O–H groups in total. The minimum absolute atomic E-state index is 0.0367. The molecule has 1 atom stereocenters. The van der Waals surface area contributed by atoms with Crippen LogP contribution in [-0.2, 0) is 10.3 Å². The van der Waals surface area contributed by atoms with Crippen molar-refractivity contribution in [3.63, 3.8) is 0 Å². The van der Waals surface area contributed by atoms with Crippen LogP contribution in [0.5, 0.6) is 0 Å². The Kier molecular flexibility index (Phi) is 5.23. The molecule has 1 fully saturated rings. The van der Waals surface area contributed by atoms with Crippen molar-refractivity contribution in [2.24, 2.45) is 5.92 Å². The average Bonchev–Trinajstić information content (AvgIpc) is 3.07. The zero-order valence-corrected chi connectivity index (χ0v) is 14.4. The molecule has 6 nitrogen and oxygen atoms in total. The number of ether oxygens (including phenoxy) is 1. The van der Waals surface area contributed by atoms with Gasteiger partial charge in [0.25, 0.3) is 5.91 Å². The van der Waals surface area contributed by atoms with Gasteiger partial charge in [-0.3, -0.25) is 4.79 Å². The highest BCUT2D eigenvalue weighted by Crippen LogP contribution is 2.35. The van der Waals surface area contributed by atoms with Crippen molar-refractivity contribution in [1.29, 1.82) is 0 Å². The van der Waals surface area contributed by atoms with Crippen LogP contribution in [0.25, 0.3) is 0 Å². The van der Waals surface area contributed by atoms with Crippen LogP contribution in [0.4, 0.5) is 0 Å². The van der Waals surface area contributed by atoms with Gasteiger partial charge in [-0.05, 0) is 42.8 Å². The summed E-state index contributed by atoms with van der Waals surface area (Å²) >= 11 is 1.06. The third kappa shape index (κ3) is 3.48. The number of aliphatic hydroxyl groups is 1. The number of carbonyl (C=O) groups is 1. The van der Waals surface area contributed by atoms with Gasteiger partial charge in [0.1, 0.15) is 10.5 Å². The van der Waals surface area contributed by atoms with Gasteiger partial charge in [0, 0.05) is 13.2 Å². The van der Waals surface area contributed by atoms with Crippen LogP contribution in [0.3, 0.4) is 0 Å². The lowest BCUT2D eigenvalue weighted by Gasteiger charge is -2.39. The summed E-state index contributed by atoms with van der Waals surface area (Å²) in [7, 11) is 0. The molecule has 7 heteroatoms. The van der Waals surface area contributed by atoms with E-state index in [1.807, 2.05) is 30.3 Å². The van der Waals surface area contributed by atoms with E-state index in [9.17, 15) is 9.90 Å². The van der Waals surface area contributed by atoms with E-state index in [-0.39, 0.29) is 18.4 Å². The molecule has 1 saturated heterocycles. The molecule has 0 bridgehead atoms. The molecule has 128 valence electrons. The number of nitrogens with one attached hydrogen (secondary N) is 1. The molecule has 1 aliphatic rings. The molecule has 0 spiro atoms. The first-order chi connectivity index (χ1) is 11.6. The Morgan fingerprint density at radius 3 is 2.71 bits per heavy atom. The number of hydrogen-bond donors (Lipinski definition) is 2. The van der Waals surface area contributed by atoms with E-state index in [1.54, 1.807) is 6.92 Å². The Balaban J connectivity index is 1.80. The summed E-state index contributed by atoms with van der Waals surface area (Å²) in [6, 6.07) is 9.53. The van der Waals surface area contributed by atoms with Crippen molar-refractivity contribution in [1.82, 2.24) is 14.9 Å². The van der Waals surface area contributed by atoms with E-state index in [2.05, 4.69) is 14.9 Å². The first-order valence-corrected chi connectivity index (χ1v) is 8.81. The van der Waals surface area contributed by atoms with Gasteiger partial charge in [-0.2, -0.15) is 0 Å². The standard InChI is InChI=1S/C17H21N3O3S/c1-12-15(24-20-19-12)16(21)18-11-17(22,13-5-3-2-4-6-13)14-7-9-23-10-8-14/h2-6,14,22H,7-11H2,1H3,(H,18,21). The predicted octanol–water partition coefficient (Wildman–Crippen LogP) is 1.89. The third-order valence-electron chi connectivity index (χ3n) is 4.55. The van der Waals surface area contributed by atoms with E-state index in [0.29, 0.717) is 23.8 Å². The summed E-state index contributed by atoms with van der Waals surface area (Å²) in [5.41, 5.74) is 0.301. The van der Waals surface area contributed by atoms with Gasteiger partial charge in [-0.25, -0.2) is 0 Å². The highest BCUT2D eigenvalue weighted by atomic mass is 32.1. The SMILES string of the molecule is Cc1nnsc1C(=O)NCC(O)(c1ccccc1)C1CCOCC1. The van der Waals surface area contributed by atoms with Crippen LogP contribution in [0.2, 0.25) is 0 Å². The number of hydrogen-bond acceptors (Lipinski definition) is 6. The Labute approximate surface area is 145 Å². The number of nitrogens with zero attached hydrogens (tertiary/aromatic N) is 2. The van der Waals surface area contributed by atoms with Gasteiger partial charge in [0.15, 0.2) is 0 Å². The van der Waals surface area contributed by atoms with Crippen molar-refractivity contribution in [2.45, 2.75) is 25.4 Å². The lowest BCUT2D eigenvalue weighted by molar-refractivity contribution is -0.0680. The first kappa shape index (κ1) is 17.0. The smallest absolute Gasteiger partial charge is 0.265 e. The second kappa shape index (κ2) is 7.38. The van der Waals surface area contributed by atoms with E-state index in [4.69, 9.17) is 4.74 Å². The van der Waals surface area contributed by atoms with Crippen molar-refractivity contribution >= 4 is 17.4 Å². The van der Waals surface area contributed by atoms with Crippen molar-refractivity contribution in [2.75, 3.05) is 19.8 Å². The number of aryl methyl sites for hydroxylation is 1. The maximum Gasteiger partial charge on any atom is 0.265 e. The lowest BCUT2D eigenvalue weighted by Crippen LogP contribution is -2.47. The molecule has 1 amide bonds. The summed E-state index contributed by atoms with van der Waals surface area (Å²) in [5.74, 6) is -0.210. The fourth-order valence-electron chi connectivity index (χ4n) is 3.12. The summed E-state index contributed by atoms with van der Waals surface area (Å²) in [5, 5.41) is 18.1. The number of rotatable bonds is 5. The van der Waals surface area contributed by atoms with Crippen molar-refractivity contribution in [3.05, 3.63) is 46.5 Å². The topological polar surface area (TPSA) is 84.3 Å². The number of benzene rings is 1. The zero-order chi connectivity index (χ0) is 17.0. The highest BCUT2D eigenvalue weighted by Gasteiger charge is 2.39. The third-order valence-corrected chi connectivity index (χ3v) is 5.37. The minimum atomic E-state index is -1.12. The summed E-state index contributed by atoms with van der Waals surface area (Å²) < 4.78 is 9.20. The van der Waals surface area contributed by atoms with Crippen LogP contribution in [0.1, 0.15) is 33.8 Å². The van der Waals surface area contributed by atoms with Crippen LogP contribution < -0.4 is 5.32 Å². The summed E-state index contributed by atoms with van der Waals surface area (Å²) in [6.45, 7) is 3.16. The fraction of sp³-hybridized carbons (Fsp3) is 0.471. The maximum atomic E-state index is 12.4. The molecule has 1 unspecified atom stereocenters. The van der Waals surface area contributed by atoms with E-state index in [0.717, 1.165) is 29.9 Å². The maximum absolute atomic E-state index is 12.4. The fourth-order valence-corrected chi connectivity index (χ4v) is 3.69. The van der Waals surface area contributed by atoms with Gasteiger partial charge >= 0.3 is 0 Å².